The number of nitrogen functional groups attached to an aromatic ring is 1. The van der Waals surface area contributed by atoms with Crippen LogP contribution in [0.4, 0.5) is 5.82 Å². The number of nitrogens with two attached hydrogens (primary N) is 1. The molecule has 0 fully saturated rings. The van der Waals surface area contributed by atoms with Crippen molar-refractivity contribution in [2.75, 3.05) is 5.73 Å². The van der Waals surface area contributed by atoms with Crippen LogP contribution in [-0.4, -0.2) is 15.9 Å². The molecule has 0 saturated carbocycles. The van der Waals surface area contributed by atoms with Crippen LogP contribution in [0.25, 0.3) is 0 Å². The van der Waals surface area contributed by atoms with Gasteiger partial charge in [0.25, 0.3) is 5.91 Å². The highest BCUT2D eigenvalue weighted by Crippen LogP contribution is 2.23. The maximum absolute atomic E-state index is 12.1. The Bertz CT molecular complexity index is 580. The highest BCUT2D eigenvalue weighted by Gasteiger charge is 2.16. The molecule has 5 nitrogen and oxygen atoms in total. The van der Waals surface area contributed by atoms with E-state index in [4.69, 9.17) is 5.73 Å². The maximum Gasteiger partial charge on any atom is 0.271 e. The topological polar surface area (TPSA) is 80.9 Å². The standard InChI is InChI=1S/C13H16N4OS/c1-8(2)12-11(16-7-19-12)13(18)15-6-9-4-3-5-10(14)17-9/h3-5,7-8H,6H2,1-2H3,(H2,14,17)(H,15,18). The molecule has 3 N–H and O–H groups in total. The summed E-state index contributed by atoms with van der Waals surface area (Å²) in [5.41, 5.74) is 8.52. The summed E-state index contributed by atoms with van der Waals surface area (Å²) >= 11 is 1.50. The van der Waals surface area contributed by atoms with Crippen LogP contribution in [0.2, 0.25) is 0 Å². The van der Waals surface area contributed by atoms with Crippen molar-refractivity contribution in [2.24, 2.45) is 0 Å². The molecule has 0 atom stereocenters. The van der Waals surface area contributed by atoms with Crippen LogP contribution in [0, 0.1) is 0 Å². The van der Waals surface area contributed by atoms with Crippen LogP contribution in [0.15, 0.2) is 23.7 Å². The molecule has 0 bridgehead atoms. The van der Waals surface area contributed by atoms with E-state index in [1.807, 2.05) is 26.0 Å². The van der Waals surface area contributed by atoms with Gasteiger partial charge in [0.15, 0.2) is 0 Å². The maximum atomic E-state index is 12.1. The van der Waals surface area contributed by atoms with Crippen molar-refractivity contribution >= 4 is 23.1 Å². The van der Waals surface area contributed by atoms with E-state index in [9.17, 15) is 4.79 Å². The number of amides is 1. The molecule has 100 valence electrons. The molecule has 1 amide bonds. The molecule has 2 aromatic rings. The number of rotatable bonds is 4. The second-order valence-electron chi connectivity index (χ2n) is 4.46. The lowest BCUT2D eigenvalue weighted by atomic mass is 10.1. The van der Waals surface area contributed by atoms with Gasteiger partial charge in [0, 0.05) is 4.88 Å². The Morgan fingerprint density at radius 3 is 2.95 bits per heavy atom. The molecule has 6 heteroatoms. The average molecular weight is 276 g/mol. The van der Waals surface area contributed by atoms with E-state index in [0.717, 1.165) is 10.6 Å². The molecule has 0 aliphatic heterocycles. The third-order valence-corrected chi connectivity index (χ3v) is 3.72. The van der Waals surface area contributed by atoms with Crippen LogP contribution in [0.5, 0.6) is 0 Å². The number of hydrogen-bond donors (Lipinski definition) is 2. The Kier molecular flexibility index (Phi) is 4.11. The summed E-state index contributed by atoms with van der Waals surface area (Å²) in [6.07, 6.45) is 0. The first kappa shape index (κ1) is 13.5. The fourth-order valence-corrected chi connectivity index (χ4v) is 2.49. The van der Waals surface area contributed by atoms with Gasteiger partial charge in [-0.2, -0.15) is 0 Å². The molecule has 0 saturated heterocycles. The van der Waals surface area contributed by atoms with Crippen LogP contribution in [0.3, 0.4) is 0 Å². The van der Waals surface area contributed by atoms with E-state index in [2.05, 4.69) is 15.3 Å². The smallest absolute Gasteiger partial charge is 0.271 e. The normalized spacial score (nSPS) is 10.7. The van der Waals surface area contributed by atoms with Crippen molar-refractivity contribution in [3.63, 3.8) is 0 Å². The zero-order chi connectivity index (χ0) is 13.8. The average Bonchev–Trinajstić information content (AvgIpc) is 2.85. The van der Waals surface area contributed by atoms with E-state index >= 15 is 0 Å². The van der Waals surface area contributed by atoms with Crippen molar-refractivity contribution < 1.29 is 4.79 Å². The second-order valence-corrected chi connectivity index (χ2v) is 5.34. The molecule has 0 unspecified atom stereocenters. The number of aromatic nitrogens is 2. The van der Waals surface area contributed by atoms with Crippen molar-refractivity contribution in [1.29, 1.82) is 0 Å². The molecule has 0 spiro atoms. The monoisotopic (exact) mass is 276 g/mol. The number of thiazole rings is 1. The molecule has 0 aliphatic rings. The fraction of sp³-hybridized carbons (Fsp3) is 0.308. The largest absolute Gasteiger partial charge is 0.384 e. The summed E-state index contributed by atoms with van der Waals surface area (Å²) in [5.74, 6) is 0.566. The third-order valence-electron chi connectivity index (χ3n) is 2.59. The van der Waals surface area contributed by atoms with Crippen LogP contribution in [-0.2, 0) is 6.54 Å². The van der Waals surface area contributed by atoms with Gasteiger partial charge in [0.05, 0.1) is 17.7 Å². The number of carbonyl (C=O) groups excluding carboxylic acids is 1. The Labute approximate surface area is 115 Å². The van der Waals surface area contributed by atoms with Gasteiger partial charge in [-0.1, -0.05) is 19.9 Å². The van der Waals surface area contributed by atoms with Gasteiger partial charge in [-0.3, -0.25) is 4.79 Å². The SMILES string of the molecule is CC(C)c1scnc1C(=O)NCc1cccc(N)n1. The molecule has 19 heavy (non-hydrogen) atoms. The zero-order valence-electron chi connectivity index (χ0n) is 10.9. The molecule has 0 aliphatic carbocycles. The van der Waals surface area contributed by atoms with E-state index in [-0.39, 0.29) is 5.91 Å². The number of carbonyl (C=O) groups is 1. The van der Waals surface area contributed by atoms with Crippen molar-refractivity contribution in [2.45, 2.75) is 26.3 Å². The lowest BCUT2D eigenvalue weighted by Gasteiger charge is -2.07. The summed E-state index contributed by atoms with van der Waals surface area (Å²) in [6, 6.07) is 5.34. The molecular weight excluding hydrogens is 260 g/mol. The van der Waals surface area contributed by atoms with Crippen molar-refractivity contribution in [3.05, 3.63) is 40.0 Å². The first-order valence-corrected chi connectivity index (χ1v) is 6.89. The van der Waals surface area contributed by atoms with Gasteiger partial charge in [-0.05, 0) is 18.1 Å². The first-order valence-electron chi connectivity index (χ1n) is 6.01. The van der Waals surface area contributed by atoms with Crippen molar-refractivity contribution in [1.82, 2.24) is 15.3 Å². The fourth-order valence-electron chi connectivity index (χ4n) is 1.69. The summed E-state index contributed by atoms with van der Waals surface area (Å²) in [7, 11) is 0. The Morgan fingerprint density at radius 1 is 1.47 bits per heavy atom. The third kappa shape index (κ3) is 3.29. The van der Waals surface area contributed by atoms with Gasteiger partial charge in [0.2, 0.25) is 0 Å². The zero-order valence-corrected chi connectivity index (χ0v) is 11.7. The highest BCUT2D eigenvalue weighted by atomic mass is 32.1. The predicted octanol–water partition coefficient (Wildman–Crippen LogP) is 2.17. The van der Waals surface area contributed by atoms with E-state index in [0.29, 0.717) is 24.0 Å². The Morgan fingerprint density at radius 2 is 2.26 bits per heavy atom. The summed E-state index contributed by atoms with van der Waals surface area (Å²) in [6.45, 7) is 4.44. The number of nitrogens with one attached hydrogen (secondary N) is 1. The van der Waals surface area contributed by atoms with Crippen LogP contribution >= 0.6 is 11.3 Å². The Balaban J connectivity index is 2.03. The quantitative estimate of drug-likeness (QED) is 0.896. The lowest BCUT2D eigenvalue weighted by Crippen LogP contribution is -2.24. The number of pyridine rings is 1. The van der Waals surface area contributed by atoms with Gasteiger partial charge >= 0.3 is 0 Å². The Hall–Kier alpha value is -1.95. The van der Waals surface area contributed by atoms with Gasteiger partial charge in [-0.25, -0.2) is 9.97 Å². The number of nitrogens with zero attached hydrogens (tertiary/aromatic N) is 2. The van der Waals surface area contributed by atoms with Crippen molar-refractivity contribution in [3.8, 4) is 0 Å². The number of anilines is 1. The molecule has 0 radical (unpaired) electrons. The summed E-state index contributed by atoms with van der Waals surface area (Å²) < 4.78 is 0. The second kappa shape index (κ2) is 5.79. The molecule has 2 heterocycles. The summed E-state index contributed by atoms with van der Waals surface area (Å²) in [5, 5.41) is 2.81. The van der Waals surface area contributed by atoms with E-state index in [1.54, 1.807) is 11.6 Å². The van der Waals surface area contributed by atoms with E-state index < -0.39 is 0 Å². The van der Waals surface area contributed by atoms with Gasteiger partial charge < -0.3 is 11.1 Å². The highest BCUT2D eigenvalue weighted by molar-refractivity contribution is 7.10. The van der Waals surface area contributed by atoms with Crippen LogP contribution < -0.4 is 11.1 Å². The molecule has 0 aromatic carbocycles. The summed E-state index contributed by atoms with van der Waals surface area (Å²) in [4.78, 5) is 21.3. The molecule has 2 rings (SSSR count). The van der Waals surface area contributed by atoms with Crippen LogP contribution in [0.1, 0.15) is 40.8 Å². The molecular formula is C13H16N4OS. The first-order chi connectivity index (χ1) is 9.08. The van der Waals surface area contributed by atoms with E-state index in [1.165, 1.54) is 11.3 Å². The number of hydrogen-bond acceptors (Lipinski definition) is 5. The van der Waals surface area contributed by atoms with Gasteiger partial charge in [0.1, 0.15) is 11.5 Å². The predicted molar refractivity (Wildman–Crippen MR) is 76.0 cm³/mol. The molecule has 2 aromatic heterocycles. The minimum atomic E-state index is -0.172. The van der Waals surface area contributed by atoms with Gasteiger partial charge in [-0.15, -0.1) is 11.3 Å². The minimum absolute atomic E-state index is 0.172. The lowest BCUT2D eigenvalue weighted by molar-refractivity contribution is 0.0945. The minimum Gasteiger partial charge on any atom is -0.384 e.